The number of amides is 1. The minimum atomic E-state index is -1.36. The molecule has 7 heteroatoms. The van der Waals surface area contributed by atoms with Crippen molar-refractivity contribution in [1.29, 1.82) is 0 Å². The van der Waals surface area contributed by atoms with Gasteiger partial charge >= 0.3 is 0 Å². The Balaban J connectivity index is 2.03. The first kappa shape index (κ1) is 18.0. The molecular formula is C16H23ClN2O4. The van der Waals surface area contributed by atoms with Crippen molar-refractivity contribution in [3.05, 3.63) is 28.3 Å². The van der Waals surface area contributed by atoms with E-state index in [1.54, 1.807) is 6.07 Å². The molecule has 1 amide bonds. The highest BCUT2D eigenvalue weighted by Crippen LogP contribution is 2.36. The Morgan fingerprint density at radius 1 is 1.43 bits per heavy atom. The van der Waals surface area contributed by atoms with Crippen molar-refractivity contribution >= 4 is 17.5 Å². The van der Waals surface area contributed by atoms with Crippen LogP contribution >= 0.6 is 11.6 Å². The second-order valence-electron chi connectivity index (χ2n) is 6.05. The number of nitrogens with zero attached hydrogens (tertiary/aromatic N) is 1. The zero-order valence-electron chi connectivity index (χ0n) is 13.1. The number of phenolic OH excluding ortho intramolecular Hbond substituents is 1. The number of likely N-dealkylation sites (tertiary alicyclic amines) is 1. The highest BCUT2D eigenvalue weighted by Gasteiger charge is 2.30. The molecule has 1 aromatic rings. The molecule has 5 N–H and O–H groups in total. The van der Waals surface area contributed by atoms with Gasteiger partial charge < -0.3 is 26.0 Å². The second kappa shape index (κ2) is 7.49. The Labute approximate surface area is 140 Å². The van der Waals surface area contributed by atoms with E-state index in [4.69, 9.17) is 22.4 Å². The van der Waals surface area contributed by atoms with Crippen LogP contribution in [0.5, 0.6) is 5.75 Å². The van der Waals surface area contributed by atoms with Crippen molar-refractivity contribution in [3.63, 3.8) is 0 Å². The molecular weight excluding hydrogens is 320 g/mol. The monoisotopic (exact) mass is 342 g/mol. The summed E-state index contributed by atoms with van der Waals surface area (Å²) in [5, 5.41) is 28.8. The molecule has 23 heavy (non-hydrogen) atoms. The second-order valence-corrected chi connectivity index (χ2v) is 6.45. The molecule has 0 aliphatic carbocycles. The zero-order valence-corrected chi connectivity index (χ0v) is 13.8. The highest BCUT2D eigenvalue weighted by atomic mass is 35.5. The third-order valence-corrected chi connectivity index (χ3v) is 4.89. The van der Waals surface area contributed by atoms with Crippen molar-refractivity contribution in [2.45, 2.75) is 31.9 Å². The van der Waals surface area contributed by atoms with E-state index in [-0.39, 0.29) is 17.7 Å². The van der Waals surface area contributed by atoms with Crippen LogP contribution in [0.2, 0.25) is 5.02 Å². The summed E-state index contributed by atoms with van der Waals surface area (Å²) >= 11 is 5.98. The molecule has 2 rings (SSSR count). The molecule has 0 bridgehead atoms. The van der Waals surface area contributed by atoms with Crippen LogP contribution in [-0.2, 0) is 4.79 Å². The number of hydrogen-bond donors (Lipinski definition) is 4. The van der Waals surface area contributed by atoms with Gasteiger partial charge in [-0.15, -0.1) is 0 Å². The van der Waals surface area contributed by atoms with Crippen LogP contribution in [0.15, 0.2) is 12.1 Å². The Bertz CT molecular complexity index is 573. The fourth-order valence-electron chi connectivity index (χ4n) is 2.98. The number of piperidine rings is 1. The Morgan fingerprint density at radius 2 is 2.04 bits per heavy atom. The number of rotatable bonds is 4. The van der Waals surface area contributed by atoms with Crippen LogP contribution in [0.3, 0.4) is 0 Å². The molecule has 6 nitrogen and oxygen atoms in total. The molecule has 2 atom stereocenters. The standard InChI is InChI=1S/C16H23ClN2O4/c1-9-6-11(13(21)7-12(9)17)15(18)10-2-4-19(5-3-10)16(23)14(22)8-20/h6-7,10,14-15,20-22H,2-5,8,18H2,1H3/t14-,15-/m1/s1. The molecule has 1 aromatic carbocycles. The average molecular weight is 343 g/mol. The zero-order chi connectivity index (χ0) is 17.1. The van der Waals surface area contributed by atoms with Crippen molar-refractivity contribution < 1.29 is 20.1 Å². The van der Waals surface area contributed by atoms with Gasteiger partial charge in [-0.25, -0.2) is 0 Å². The summed E-state index contributed by atoms with van der Waals surface area (Å²) in [6.07, 6.45) is -0.0126. The lowest BCUT2D eigenvalue weighted by Crippen LogP contribution is -2.46. The van der Waals surface area contributed by atoms with Crippen LogP contribution in [-0.4, -0.2) is 51.9 Å². The Morgan fingerprint density at radius 3 is 2.61 bits per heavy atom. The largest absolute Gasteiger partial charge is 0.508 e. The predicted octanol–water partition coefficient (Wildman–Crippen LogP) is 0.946. The molecule has 1 heterocycles. The lowest BCUT2D eigenvalue weighted by Gasteiger charge is -2.35. The van der Waals surface area contributed by atoms with Gasteiger partial charge in [0.05, 0.1) is 6.61 Å². The summed E-state index contributed by atoms with van der Waals surface area (Å²) in [7, 11) is 0. The predicted molar refractivity (Wildman–Crippen MR) is 87.2 cm³/mol. The summed E-state index contributed by atoms with van der Waals surface area (Å²) in [6, 6.07) is 2.96. The van der Waals surface area contributed by atoms with E-state index in [1.165, 1.54) is 11.0 Å². The summed E-state index contributed by atoms with van der Waals surface area (Å²) in [6.45, 7) is 2.23. The van der Waals surface area contributed by atoms with Crippen LogP contribution in [0.4, 0.5) is 0 Å². The van der Waals surface area contributed by atoms with Gasteiger partial charge in [0, 0.05) is 29.7 Å². The minimum absolute atomic E-state index is 0.0855. The minimum Gasteiger partial charge on any atom is -0.508 e. The Hall–Kier alpha value is -1.34. The number of aliphatic hydroxyl groups is 2. The van der Waals surface area contributed by atoms with Crippen molar-refractivity contribution in [2.24, 2.45) is 11.7 Å². The van der Waals surface area contributed by atoms with Gasteiger partial charge in [0.1, 0.15) is 5.75 Å². The topological polar surface area (TPSA) is 107 Å². The summed E-state index contributed by atoms with van der Waals surface area (Å²) < 4.78 is 0. The van der Waals surface area contributed by atoms with Crippen LogP contribution in [0, 0.1) is 12.8 Å². The number of halogens is 1. The lowest BCUT2D eigenvalue weighted by atomic mass is 9.85. The molecule has 0 aromatic heterocycles. The normalized spacial score (nSPS) is 18.7. The van der Waals surface area contributed by atoms with Gasteiger partial charge in [0.25, 0.3) is 5.91 Å². The van der Waals surface area contributed by atoms with Gasteiger partial charge in [-0.2, -0.15) is 0 Å². The van der Waals surface area contributed by atoms with E-state index in [0.717, 1.165) is 5.56 Å². The lowest BCUT2D eigenvalue weighted by molar-refractivity contribution is -0.143. The third-order valence-electron chi connectivity index (χ3n) is 4.48. The highest BCUT2D eigenvalue weighted by molar-refractivity contribution is 6.31. The van der Waals surface area contributed by atoms with E-state index in [0.29, 0.717) is 36.5 Å². The molecule has 128 valence electrons. The summed E-state index contributed by atoms with van der Waals surface area (Å²) in [5.41, 5.74) is 7.82. The number of phenols is 1. The van der Waals surface area contributed by atoms with E-state index in [2.05, 4.69) is 0 Å². The van der Waals surface area contributed by atoms with E-state index in [9.17, 15) is 15.0 Å². The van der Waals surface area contributed by atoms with Crippen molar-refractivity contribution in [1.82, 2.24) is 4.90 Å². The van der Waals surface area contributed by atoms with Gasteiger partial charge in [0.15, 0.2) is 6.10 Å². The van der Waals surface area contributed by atoms with E-state index in [1.807, 2.05) is 6.92 Å². The van der Waals surface area contributed by atoms with Crippen LogP contribution in [0.1, 0.15) is 30.0 Å². The van der Waals surface area contributed by atoms with Crippen molar-refractivity contribution in [3.8, 4) is 5.75 Å². The number of benzene rings is 1. The van der Waals surface area contributed by atoms with E-state index < -0.39 is 18.6 Å². The molecule has 1 aliphatic heterocycles. The molecule has 1 fully saturated rings. The fourth-order valence-corrected chi connectivity index (χ4v) is 3.14. The quantitative estimate of drug-likeness (QED) is 0.651. The van der Waals surface area contributed by atoms with Gasteiger partial charge in [-0.05, 0) is 43.4 Å². The number of hydrogen-bond acceptors (Lipinski definition) is 5. The number of carbonyl (C=O) groups is 1. The van der Waals surface area contributed by atoms with E-state index >= 15 is 0 Å². The third kappa shape index (κ3) is 3.95. The molecule has 1 saturated heterocycles. The summed E-state index contributed by atoms with van der Waals surface area (Å²) in [4.78, 5) is 13.4. The SMILES string of the molecule is Cc1cc([C@H](N)C2CCN(C(=O)[C@H](O)CO)CC2)c(O)cc1Cl. The molecule has 0 spiro atoms. The number of aliphatic hydroxyl groups excluding tert-OH is 2. The van der Waals surface area contributed by atoms with Gasteiger partial charge in [-0.3, -0.25) is 4.79 Å². The maximum absolute atomic E-state index is 11.8. The molecule has 0 unspecified atom stereocenters. The van der Waals surface area contributed by atoms with Gasteiger partial charge in [-0.1, -0.05) is 11.6 Å². The smallest absolute Gasteiger partial charge is 0.253 e. The number of aromatic hydroxyl groups is 1. The number of nitrogens with two attached hydrogens (primary N) is 1. The Kier molecular flexibility index (Phi) is 5.86. The fraction of sp³-hybridized carbons (Fsp3) is 0.562. The maximum Gasteiger partial charge on any atom is 0.253 e. The first-order chi connectivity index (χ1) is 10.8. The average Bonchev–Trinajstić information content (AvgIpc) is 2.56. The van der Waals surface area contributed by atoms with Crippen LogP contribution in [0.25, 0.3) is 0 Å². The molecule has 0 saturated carbocycles. The maximum atomic E-state index is 11.8. The molecule has 0 radical (unpaired) electrons. The molecule has 1 aliphatic rings. The number of carbonyl (C=O) groups excluding carboxylic acids is 1. The van der Waals surface area contributed by atoms with Gasteiger partial charge in [0.2, 0.25) is 0 Å². The summed E-state index contributed by atoms with van der Waals surface area (Å²) in [5.74, 6) is -0.246. The first-order valence-electron chi connectivity index (χ1n) is 7.67. The van der Waals surface area contributed by atoms with Crippen LogP contribution < -0.4 is 5.73 Å². The van der Waals surface area contributed by atoms with Crippen molar-refractivity contribution in [2.75, 3.05) is 19.7 Å². The number of aryl methyl sites for hydroxylation is 1. The first-order valence-corrected chi connectivity index (χ1v) is 8.05.